The monoisotopic (exact) mass is 234 g/mol. The molecule has 1 fully saturated rings. The molecule has 0 radical (unpaired) electrons. The van der Waals surface area contributed by atoms with E-state index in [0.29, 0.717) is 17.6 Å². The molecule has 0 saturated heterocycles. The molecule has 90 valence electrons. The van der Waals surface area contributed by atoms with Gasteiger partial charge in [0.2, 0.25) is 5.95 Å². The van der Waals surface area contributed by atoms with Gasteiger partial charge in [0.15, 0.2) is 5.65 Å². The number of pyridine rings is 1. The standard InChI is InChI=1S/C12H15FN4/c1-8(9-3-2-4-9)14-12-15-11-6-5-10(13)7-17(11)16-12/h5-9H,2-4H2,1H3,(H,14,16). The summed E-state index contributed by atoms with van der Waals surface area (Å²) in [5.41, 5.74) is 0.662. The lowest BCUT2D eigenvalue weighted by molar-refractivity contribution is 0.284. The molecule has 17 heavy (non-hydrogen) atoms. The van der Waals surface area contributed by atoms with Crippen molar-refractivity contribution in [2.75, 3.05) is 5.32 Å². The number of nitrogens with zero attached hydrogens (tertiary/aromatic N) is 3. The second-order valence-corrected chi connectivity index (χ2v) is 4.71. The minimum Gasteiger partial charge on any atom is -0.350 e. The Morgan fingerprint density at radius 1 is 1.47 bits per heavy atom. The van der Waals surface area contributed by atoms with Gasteiger partial charge in [0, 0.05) is 6.04 Å². The van der Waals surface area contributed by atoms with E-state index in [-0.39, 0.29) is 5.82 Å². The Labute approximate surface area is 98.9 Å². The maximum Gasteiger partial charge on any atom is 0.243 e. The first-order valence-corrected chi connectivity index (χ1v) is 6.01. The van der Waals surface area contributed by atoms with Crippen LogP contribution in [0.4, 0.5) is 10.3 Å². The highest BCUT2D eigenvalue weighted by molar-refractivity contribution is 5.43. The first-order valence-electron chi connectivity index (χ1n) is 6.01. The Kier molecular flexibility index (Phi) is 2.46. The zero-order valence-corrected chi connectivity index (χ0v) is 9.73. The molecule has 0 spiro atoms. The van der Waals surface area contributed by atoms with Gasteiger partial charge in [-0.2, -0.15) is 4.98 Å². The summed E-state index contributed by atoms with van der Waals surface area (Å²) in [6, 6.07) is 3.40. The van der Waals surface area contributed by atoms with Crippen LogP contribution in [0.15, 0.2) is 18.3 Å². The molecular weight excluding hydrogens is 219 g/mol. The van der Waals surface area contributed by atoms with E-state index >= 15 is 0 Å². The van der Waals surface area contributed by atoms with Gasteiger partial charge in [-0.15, -0.1) is 5.10 Å². The maximum atomic E-state index is 13.0. The van der Waals surface area contributed by atoms with Crippen LogP contribution in [0, 0.1) is 11.7 Å². The summed E-state index contributed by atoms with van der Waals surface area (Å²) in [5, 5.41) is 7.50. The van der Waals surface area contributed by atoms with Gasteiger partial charge >= 0.3 is 0 Å². The minimum absolute atomic E-state index is 0.305. The van der Waals surface area contributed by atoms with Crippen LogP contribution in [-0.2, 0) is 0 Å². The van der Waals surface area contributed by atoms with Crippen LogP contribution in [0.1, 0.15) is 26.2 Å². The fraction of sp³-hybridized carbons (Fsp3) is 0.500. The van der Waals surface area contributed by atoms with E-state index in [9.17, 15) is 4.39 Å². The van der Waals surface area contributed by atoms with Crippen molar-refractivity contribution in [1.82, 2.24) is 14.6 Å². The summed E-state index contributed by atoms with van der Waals surface area (Å²) in [7, 11) is 0. The molecule has 4 nitrogen and oxygen atoms in total. The van der Waals surface area contributed by atoms with E-state index in [2.05, 4.69) is 22.3 Å². The van der Waals surface area contributed by atoms with Crippen molar-refractivity contribution in [1.29, 1.82) is 0 Å². The van der Waals surface area contributed by atoms with Gasteiger partial charge < -0.3 is 5.32 Å². The molecule has 0 aliphatic heterocycles. The third-order valence-corrected chi connectivity index (χ3v) is 3.51. The molecule has 5 heteroatoms. The summed E-state index contributed by atoms with van der Waals surface area (Å²) in [6.45, 7) is 2.15. The van der Waals surface area contributed by atoms with Crippen LogP contribution in [0.25, 0.3) is 5.65 Å². The molecule has 0 bridgehead atoms. The third kappa shape index (κ3) is 1.97. The SMILES string of the molecule is CC(Nc1nc2ccc(F)cn2n1)C1CCC1. The van der Waals surface area contributed by atoms with Crippen molar-refractivity contribution in [2.24, 2.45) is 5.92 Å². The van der Waals surface area contributed by atoms with E-state index in [1.165, 1.54) is 36.0 Å². The second kappa shape index (κ2) is 3.98. The van der Waals surface area contributed by atoms with Crippen LogP contribution >= 0.6 is 0 Å². The summed E-state index contributed by atoms with van der Waals surface area (Å²) in [4.78, 5) is 4.31. The van der Waals surface area contributed by atoms with Crippen LogP contribution in [0.5, 0.6) is 0 Å². The number of anilines is 1. The van der Waals surface area contributed by atoms with Gasteiger partial charge in [-0.3, -0.25) is 0 Å². The maximum absolute atomic E-state index is 13.0. The van der Waals surface area contributed by atoms with Crippen molar-refractivity contribution >= 4 is 11.6 Å². The van der Waals surface area contributed by atoms with Gasteiger partial charge in [-0.05, 0) is 37.8 Å². The first kappa shape index (κ1) is 10.5. The van der Waals surface area contributed by atoms with E-state index in [1.54, 1.807) is 6.07 Å². The Balaban J connectivity index is 1.80. The number of halogens is 1. The summed E-state index contributed by atoms with van der Waals surface area (Å²) < 4.78 is 14.5. The number of hydrogen-bond donors (Lipinski definition) is 1. The highest BCUT2D eigenvalue weighted by atomic mass is 19.1. The minimum atomic E-state index is -0.305. The molecule has 0 aromatic carbocycles. The molecule has 0 amide bonds. The lowest BCUT2D eigenvalue weighted by Gasteiger charge is -2.31. The van der Waals surface area contributed by atoms with E-state index in [1.807, 2.05) is 0 Å². The molecule has 1 unspecified atom stereocenters. The van der Waals surface area contributed by atoms with E-state index in [4.69, 9.17) is 0 Å². The smallest absolute Gasteiger partial charge is 0.243 e. The van der Waals surface area contributed by atoms with Gasteiger partial charge in [-0.25, -0.2) is 8.91 Å². The molecule has 1 saturated carbocycles. The molecule has 2 aromatic rings. The van der Waals surface area contributed by atoms with Gasteiger partial charge in [0.25, 0.3) is 0 Å². The van der Waals surface area contributed by atoms with Crippen LogP contribution < -0.4 is 5.32 Å². The van der Waals surface area contributed by atoms with Gasteiger partial charge in [0.1, 0.15) is 5.82 Å². The molecule has 2 heterocycles. The molecular formula is C12H15FN4. The highest BCUT2D eigenvalue weighted by Crippen LogP contribution is 2.30. The third-order valence-electron chi connectivity index (χ3n) is 3.51. The molecule has 1 aliphatic carbocycles. The van der Waals surface area contributed by atoms with Gasteiger partial charge in [0.05, 0.1) is 6.20 Å². The van der Waals surface area contributed by atoms with Crippen molar-refractivity contribution in [3.63, 3.8) is 0 Å². The number of fused-ring (bicyclic) bond motifs is 1. The van der Waals surface area contributed by atoms with Crippen molar-refractivity contribution in [3.8, 4) is 0 Å². The molecule has 3 rings (SSSR count). The summed E-state index contributed by atoms with van der Waals surface area (Å²) >= 11 is 0. The summed E-state index contributed by atoms with van der Waals surface area (Å²) in [5.74, 6) is 0.995. The second-order valence-electron chi connectivity index (χ2n) is 4.71. The van der Waals surface area contributed by atoms with E-state index < -0.39 is 0 Å². The fourth-order valence-corrected chi connectivity index (χ4v) is 2.18. The number of aromatic nitrogens is 3. The Hall–Kier alpha value is -1.65. The average Bonchev–Trinajstić information content (AvgIpc) is 2.55. The Morgan fingerprint density at radius 3 is 3.00 bits per heavy atom. The van der Waals surface area contributed by atoms with Gasteiger partial charge in [-0.1, -0.05) is 6.42 Å². The summed E-state index contributed by atoms with van der Waals surface area (Å²) in [6.07, 6.45) is 5.20. The van der Waals surface area contributed by atoms with Crippen molar-refractivity contribution < 1.29 is 4.39 Å². The molecule has 1 atom stereocenters. The zero-order chi connectivity index (χ0) is 11.8. The van der Waals surface area contributed by atoms with Crippen LogP contribution in [0.2, 0.25) is 0 Å². The van der Waals surface area contributed by atoms with Crippen molar-refractivity contribution in [2.45, 2.75) is 32.2 Å². The van der Waals surface area contributed by atoms with Crippen LogP contribution in [0.3, 0.4) is 0 Å². The molecule has 1 N–H and O–H groups in total. The molecule has 1 aliphatic rings. The highest BCUT2D eigenvalue weighted by Gasteiger charge is 2.24. The fourth-order valence-electron chi connectivity index (χ4n) is 2.18. The largest absolute Gasteiger partial charge is 0.350 e. The number of hydrogen-bond acceptors (Lipinski definition) is 3. The number of rotatable bonds is 3. The normalized spacial score (nSPS) is 18.0. The predicted octanol–water partition coefficient (Wildman–Crippen LogP) is 2.47. The zero-order valence-electron chi connectivity index (χ0n) is 9.73. The predicted molar refractivity (Wildman–Crippen MR) is 63.4 cm³/mol. The van der Waals surface area contributed by atoms with Crippen LogP contribution in [-0.4, -0.2) is 20.6 Å². The quantitative estimate of drug-likeness (QED) is 0.887. The lowest BCUT2D eigenvalue weighted by atomic mass is 9.80. The number of nitrogens with one attached hydrogen (secondary N) is 1. The van der Waals surface area contributed by atoms with Crippen molar-refractivity contribution in [3.05, 3.63) is 24.1 Å². The molecule has 2 aromatic heterocycles. The average molecular weight is 234 g/mol. The topological polar surface area (TPSA) is 42.2 Å². The lowest BCUT2D eigenvalue weighted by Crippen LogP contribution is -2.31. The van der Waals surface area contributed by atoms with E-state index in [0.717, 1.165) is 5.92 Å². The first-order chi connectivity index (χ1) is 8.22. The Morgan fingerprint density at radius 2 is 2.29 bits per heavy atom. The Bertz CT molecular complexity index is 532.